The van der Waals surface area contributed by atoms with Crippen molar-refractivity contribution in [2.75, 3.05) is 7.11 Å². The Morgan fingerprint density at radius 2 is 1.73 bits per heavy atom. The number of hydrogen-bond acceptors (Lipinski definition) is 2. The summed E-state index contributed by atoms with van der Waals surface area (Å²) < 4.78 is 7.30. The molecule has 0 saturated carbocycles. The topological polar surface area (TPSA) is 26.5 Å². The van der Waals surface area contributed by atoms with Crippen molar-refractivity contribution >= 4 is 6.21 Å². The zero-order valence-corrected chi connectivity index (χ0v) is 12.5. The van der Waals surface area contributed by atoms with E-state index in [1.165, 1.54) is 5.56 Å². The van der Waals surface area contributed by atoms with Gasteiger partial charge in [0.2, 0.25) is 0 Å². The molecule has 0 aliphatic heterocycles. The molecule has 110 valence electrons. The van der Waals surface area contributed by atoms with E-state index in [1.54, 1.807) is 7.11 Å². The normalized spacial score (nSPS) is 11.0. The van der Waals surface area contributed by atoms with Crippen LogP contribution in [0.5, 0.6) is 5.75 Å². The van der Waals surface area contributed by atoms with Gasteiger partial charge < -0.3 is 9.30 Å². The molecule has 3 heteroatoms. The zero-order valence-electron chi connectivity index (χ0n) is 12.5. The Balaban J connectivity index is 1.76. The minimum Gasteiger partial charge on any atom is -0.497 e. The number of methoxy groups -OCH3 is 1. The van der Waals surface area contributed by atoms with Gasteiger partial charge in [-0.05, 0) is 42.0 Å². The number of aromatic nitrogens is 1. The van der Waals surface area contributed by atoms with Gasteiger partial charge in [-0.15, -0.1) is 0 Å². The van der Waals surface area contributed by atoms with Crippen LogP contribution >= 0.6 is 0 Å². The molecule has 0 unspecified atom stereocenters. The first kappa shape index (κ1) is 14.1. The molecule has 0 bridgehead atoms. The highest BCUT2D eigenvalue weighted by molar-refractivity contribution is 5.78. The number of rotatable bonds is 5. The highest BCUT2D eigenvalue weighted by atomic mass is 16.5. The maximum atomic E-state index is 5.20. The van der Waals surface area contributed by atoms with Crippen LogP contribution in [0.3, 0.4) is 0 Å². The van der Waals surface area contributed by atoms with Crippen molar-refractivity contribution in [2.24, 2.45) is 4.99 Å². The predicted molar refractivity (Wildman–Crippen MR) is 90.1 cm³/mol. The molecule has 0 aliphatic rings. The second kappa shape index (κ2) is 6.76. The van der Waals surface area contributed by atoms with Crippen LogP contribution in [0.15, 0.2) is 77.9 Å². The first-order valence-corrected chi connectivity index (χ1v) is 7.22. The average Bonchev–Trinajstić information content (AvgIpc) is 3.04. The van der Waals surface area contributed by atoms with Crippen LogP contribution in [0.2, 0.25) is 0 Å². The number of hydrogen-bond donors (Lipinski definition) is 0. The average molecular weight is 290 g/mol. The van der Waals surface area contributed by atoms with E-state index in [4.69, 9.17) is 4.74 Å². The quantitative estimate of drug-likeness (QED) is 0.650. The highest BCUT2D eigenvalue weighted by Gasteiger charge is 2.01. The smallest absolute Gasteiger partial charge is 0.119 e. The Kier molecular flexibility index (Phi) is 4.35. The van der Waals surface area contributed by atoms with Crippen LogP contribution in [-0.4, -0.2) is 17.9 Å². The predicted octanol–water partition coefficient (Wildman–Crippen LogP) is 4.11. The monoisotopic (exact) mass is 290 g/mol. The van der Waals surface area contributed by atoms with Gasteiger partial charge in [-0.25, -0.2) is 0 Å². The minimum absolute atomic E-state index is 0.689. The van der Waals surface area contributed by atoms with Gasteiger partial charge in [0.15, 0.2) is 0 Å². The highest BCUT2D eigenvalue weighted by Crippen LogP contribution is 2.16. The first-order valence-electron chi connectivity index (χ1n) is 7.22. The summed E-state index contributed by atoms with van der Waals surface area (Å²) in [5.74, 6) is 0.857. The molecule has 0 spiro atoms. The van der Waals surface area contributed by atoms with Gasteiger partial charge in [-0.2, -0.15) is 0 Å². The van der Waals surface area contributed by atoms with Gasteiger partial charge in [-0.1, -0.05) is 30.3 Å². The SMILES string of the molecule is COc1ccc(-n2cccc2C=NCc2ccccc2)cc1. The van der Waals surface area contributed by atoms with E-state index >= 15 is 0 Å². The van der Waals surface area contributed by atoms with Gasteiger partial charge >= 0.3 is 0 Å². The molecular formula is C19H18N2O. The van der Waals surface area contributed by atoms with Crippen molar-refractivity contribution in [1.29, 1.82) is 0 Å². The Morgan fingerprint density at radius 1 is 0.955 bits per heavy atom. The molecule has 22 heavy (non-hydrogen) atoms. The van der Waals surface area contributed by atoms with E-state index in [0.717, 1.165) is 17.1 Å². The van der Waals surface area contributed by atoms with E-state index in [1.807, 2.05) is 60.9 Å². The lowest BCUT2D eigenvalue weighted by Crippen LogP contribution is -1.98. The standard InChI is InChI=1S/C19H18N2O/c1-22-19-11-9-17(10-12-19)21-13-5-8-18(21)15-20-14-16-6-3-2-4-7-16/h2-13,15H,14H2,1H3. The third kappa shape index (κ3) is 3.26. The molecule has 0 amide bonds. The van der Waals surface area contributed by atoms with Gasteiger partial charge in [0, 0.05) is 18.1 Å². The summed E-state index contributed by atoms with van der Waals surface area (Å²) in [6.45, 7) is 0.689. The van der Waals surface area contributed by atoms with E-state index < -0.39 is 0 Å². The molecule has 2 aromatic carbocycles. The van der Waals surface area contributed by atoms with Crippen molar-refractivity contribution in [2.45, 2.75) is 6.54 Å². The van der Waals surface area contributed by atoms with Gasteiger partial charge in [-0.3, -0.25) is 4.99 Å². The van der Waals surface area contributed by atoms with Gasteiger partial charge in [0.1, 0.15) is 5.75 Å². The molecule has 0 radical (unpaired) electrons. The molecule has 0 saturated heterocycles. The lowest BCUT2D eigenvalue weighted by molar-refractivity contribution is 0.415. The Labute approximate surface area is 130 Å². The summed E-state index contributed by atoms with van der Waals surface area (Å²) in [7, 11) is 1.67. The summed E-state index contributed by atoms with van der Waals surface area (Å²) in [6, 6.07) is 22.3. The molecule has 3 aromatic rings. The van der Waals surface area contributed by atoms with Crippen LogP contribution in [0.4, 0.5) is 0 Å². The van der Waals surface area contributed by atoms with Crippen molar-refractivity contribution < 1.29 is 4.74 Å². The first-order chi connectivity index (χ1) is 10.9. The van der Waals surface area contributed by atoms with E-state index in [9.17, 15) is 0 Å². The van der Waals surface area contributed by atoms with Crippen molar-refractivity contribution in [1.82, 2.24) is 4.57 Å². The second-order valence-corrected chi connectivity index (χ2v) is 4.96. The molecule has 0 fully saturated rings. The van der Waals surface area contributed by atoms with Crippen LogP contribution < -0.4 is 4.74 Å². The summed E-state index contributed by atoms with van der Waals surface area (Å²) in [5.41, 5.74) is 3.36. The largest absolute Gasteiger partial charge is 0.497 e. The van der Waals surface area contributed by atoms with Crippen molar-refractivity contribution in [3.8, 4) is 11.4 Å². The molecule has 3 nitrogen and oxygen atoms in total. The van der Waals surface area contributed by atoms with E-state index in [2.05, 4.69) is 27.8 Å². The van der Waals surface area contributed by atoms with Crippen LogP contribution in [0.25, 0.3) is 5.69 Å². The van der Waals surface area contributed by atoms with Crippen LogP contribution in [0.1, 0.15) is 11.3 Å². The van der Waals surface area contributed by atoms with Crippen molar-refractivity contribution in [3.05, 3.63) is 84.2 Å². The third-order valence-corrected chi connectivity index (χ3v) is 3.47. The number of ether oxygens (including phenoxy) is 1. The summed E-state index contributed by atoms with van der Waals surface area (Å²) in [6.07, 6.45) is 3.95. The molecule has 0 aliphatic carbocycles. The minimum atomic E-state index is 0.689. The Hall–Kier alpha value is -2.81. The molecule has 0 N–H and O–H groups in total. The number of nitrogens with zero attached hydrogens (tertiary/aromatic N) is 2. The summed E-state index contributed by atoms with van der Waals surface area (Å²) in [4.78, 5) is 4.53. The molecular weight excluding hydrogens is 272 g/mol. The number of benzene rings is 2. The van der Waals surface area contributed by atoms with Crippen LogP contribution in [-0.2, 0) is 6.54 Å². The Morgan fingerprint density at radius 3 is 2.45 bits per heavy atom. The number of aliphatic imine (C=N–C) groups is 1. The maximum absolute atomic E-state index is 5.20. The fourth-order valence-corrected chi connectivity index (χ4v) is 2.31. The lowest BCUT2D eigenvalue weighted by atomic mass is 10.2. The lowest BCUT2D eigenvalue weighted by Gasteiger charge is -2.07. The zero-order chi connectivity index (χ0) is 15.2. The van der Waals surface area contributed by atoms with Crippen molar-refractivity contribution in [3.63, 3.8) is 0 Å². The molecule has 1 heterocycles. The molecule has 3 rings (SSSR count). The molecule has 1 aromatic heterocycles. The molecule has 0 atom stereocenters. The fraction of sp³-hybridized carbons (Fsp3) is 0.105. The van der Waals surface area contributed by atoms with E-state index in [0.29, 0.717) is 6.54 Å². The summed E-state index contributed by atoms with van der Waals surface area (Å²) >= 11 is 0. The summed E-state index contributed by atoms with van der Waals surface area (Å²) in [5, 5.41) is 0. The van der Waals surface area contributed by atoms with Gasteiger partial charge in [0.25, 0.3) is 0 Å². The van der Waals surface area contributed by atoms with E-state index in [-0.39, 0.29) is 0 Å². The Bertz CT molecular complexity index is 743. The second-order valence-electron chi connectivity index (χ2n) is 4.96. The van der Waals surface area contributed by atoms with Gasteiger partial charge in [0.05, 0.1) is 19.3 Å². The maximum Gasteiger partial charge on any atom is 0.119 e. The third-order valence-electron chi connectivity index (χ3n) is 3.47. The fourth-order valence-electron chi connectivity index (χ4n) is 2.31. The van der Waals surface area contributed by atoms with Crippen LogP contribution in [0, 0.1) is 0 Å².